The van der Waals surface area contributed by atoms with Gasteiger partial charge < -0.3 is 10.1 Å². The number of fused-ring (bicyclic) bond motifs is 1. The van der Waals surface area contributed by atoms with Crippen molar-refractivity contribution >= 4 is 22.3 Å². The smallest absolute Gasteiger partial charge is 0.358 e. The zero-order valence-corrected chi connectivity index (χ0v) is 11.6. The summed E-state index contributed by atoms with van der Waals surface area (Å²) in [7, 11) is 0. The van der Waals surface area contributed by atoms with Crippen LogP contribution in [0.3, 0.4) is 0 Å². The molecule has 0 radical (unpaired) electrons. The van der Waals surface area contributed by atoms with Crippen molar-refractivity contribution in [3.05, 3.63) is 88.5 Å². The molecular formula is C17H13N3O2. The van der Waals surface area contributed by atoms with Crippen molar-refractivity contribution in [3.8, 4) is 0 Å². The average molecular weight is 291 g/mol. The summed E-state index contributed by atoms with van der Waals surface area (Å²) in [5.74, 6) is -0.213. The number of hydrogen-bond acceptors (Lipinski definition) is 4. The maximum Gasteiger partial charge on any atom is 0.395 e. The fourth-order valence-electron chi connectivity index (χ4n) is 2.17. The molecule has 0 fully saturated rings. The van der Waals surface area contributed by atoms with Gasteiger partial charge in [-0.05, 0) is 40.0 Å². The van der Waals surface area contributed by atoms with E-state index < -0.39 is 4.92 Å². The minimum absolute atomic E-state index is 0.213. The molecule has 22 heavy (non-hydrogen) atoms. The monoisotopic (exact) mass is 291 g/mol. The fourth-order valence-corrected chi connectivity index (χ4v) is 2.17. The Hall–Kier alpha value is -3.21. The molecule has 0 unspecified atom stereocenters. The first-order valence-electron chi connectivity index (χ1n) is 6.76. The number of nitrogens with one attached hydrogen (secondary N) is 1. The highest BCUT2D eigenvalue weighted by Crippen LogP contribution is 2.17. The molecule has 0 aliphatic rings. The van der Waals surface area contributed by atoms with Crippen molar-refractivity contribution in [1.29, 1.82) is 0 Å². The third kappa shape index (κ3) is 2.93. The van der Waals surface area contributed by atoms with E-state index in [0.717, 1.165) is 10.8 Å². The SMILES string of the molecule is O=[N+]([O-])/C(=N\Nc1ccccc1)c1ccc2ccccc2c1. The second-order valence-corrected chi connectivity index (χ2v) is 4.73. The van der Waals surface area contributed by atoms with Crippen LogP contribution in [0.4, 0.5) is 5.69 Å². The number of benzene rings is 3. The highest BCUT2D eigenvalue weighted by Gasteiger charge is 2.16. The Morgan fingerprint density at radius 1 is 0.909 bits per heavy atom. The molecule has 0 spiro atoms. The van der Waals surface area contributed by atoms with Crippen LogP contribution in [0, 0.1) is 10.1 Å². The topological polar surface area (TPSA) is 67.5 Å². The van der Waals surface area contributed by atoms with E-state index in [1.165, 1.54) is 0 Å². The van der Waals surface area contributed by atoms with E-state index in [1.54, 1.807) is 24.3 Å². The van der Waals surface area contributed by atoms with Crippen molar-refractivity contribution in [2.75, 3.05) is 5.43 Å². The van der Waals surface area contributed by atoms with Gasteiger partial charge >= 0.3 is 5.84 Å². The number of nitrogens with zero attached hydrogens (tertiary/aromatic N) is 2. The number of nitro groups is 1. The van der Waals surface area contributed by atoms with Gasteiger partial charge in [0.2, 0.25) is 0 Å². The zero-order valence-electron chi connectivity index (χ0n) is 11.6. The first-order valence-corrected chi connectivity index (χ1v) is 6.76. The van der Waals surface area contributed by atoms with Gasteiger partial charge in [0.15, 0.2) is 0 Å². The van der Waals surface area contributed by atoms with Gasteiger partial charge in [0.05, 0.1) is 16.4 Å². The van der Waals surface area contributed by atoms with Gasteiger partial charge in [-0.2, -0.15) is 5.43 Å². The van der Waals surface area contributed by atoms with Crippen LogP contribution >= 0.6 is 0 Å². The van der Waals surface area contributed by atoms with Crippen molar-refractivity contribution in [1.82, 2.24) is 0 Å². The molecule has 0 heterocycles. The molecule has 0 aromatic heterocycles. The molecule has 0 atom stereocenters. The van der Waals surface area contributed by atoms with Crippen LogP contribution in [0.15, 0.2) is 77.9 Å². The highest BCUT2D eigenvalue weighted by molar-refractivity contribution is 5.97. The Bertz CT molecular complexity index is 845. The van der Waals surface area contributed by atoms with Crippen LogP contribution in [-0.2, 0) is 0 Å². The van der Waals surface area contributed by atoms with Crippen molar-refractivity contribution < 1.29 is 4.92 Å². The Labute approximate surface area is 127 Å². The normalized spacial score (nSPS) is 11.4. The quantitative estimate of drug-likeness (QED) is 0.344. The van der Waals surface area contributed by atoms with E-state index in [4.69, 9.17) is 0 Å². The van der Waals surface area contributed by atoms with E-state index >= 15 is 0 Å². The number of para-hydroxylation sites is 1. The molecule has 0 bridgehead atoms. The lowest BCUT2D eigenvalue weighted by atomic mass is 10.1. The lowest BCUT2D eigenvalue weighted by Crippen LogP contribution is -2.15. The average Bonchev–Trinajstić information content (AvgIpc) is 2.55. The van der Waals surface area contributed by atoms with E-state index in [2.05, 4.69) is 10.5 Å². The number of hydrogen-bond donors (Lipinski definition) is 1. The van der Waals surface area contributed by atoms with Crippen LogP contribution in [0.25, 0.3) is 10.8 Å². The Morgan fingerprint density at radius 3 is 2.32 bits per heavy atom. The highest BCUT2D eigenvalue weighted by atomic mass is 16.6. The molecule has 5 heteroatoms. The van der Waals surface area contributed by atoms with Crippen LogP contribution in [0.2, 0.25) is 0 Å². The summed E-state index contributed by atoms with van der Waals surface area (Å²) in [6, 6.07) is 22.2. The summed E-state index contributed by atoms with van der Waals surface area (Å²) in [6.45, 7) is 0. The van der Waals surface area contributed by atoms with Gasteiger partial charge in [0, 0.05) is 0 Å². The second-order valence-electron chi connectivity index (χ2n) is 4.73. The molecule has 0 aliphatic heterocycles. The van der Waals surface area contributed by atoms with Gasteiger partial charge in [-0.15, -0.1) is 0 Å². The Kier molecular flexibility index (Phi) is 3.78. The summed E-state index contributed by atoms with van der Waals surface area (Å²) >= 11 is 0. The Balaban J connectivity index is 1.97. The van der Waals surface area contributed by atoms with E-state index in [0.29, 0.717) is 11.3 Å². The van der Waals surface area contributed by atoms with Crippen LogP contribution in [-0.4, -0.2) is 10.8 Å². The molecule has 3 rings (SSSR count). The van der Waals surface area contributed by atoms with Crippen molar-refractivity contribution in [2.45, 2.75) is 0 Å². The molecule has 0 aliphatic carbocycles. The summed E-state index contributed by atoms with van der Waals surface area (Å²) in [6.07, 6.45) is 0. The lowest BCUT2D eigenvalue weighted by molar-refractivity contribution is -0.348. The molecule has 3 aromatic carbocycles. The molecule has 0 amide bonds. The summed E-state index contributed by atoms with van der Waals surface area (Å²) in [5.41, 5.74) is 3.88. The van der Waals surface area contributed by atoms with Crippen LogP contribution < -0.4 is 5.43 Å². The molecule has 1 N–H and O–H groups in total. The number of rotatable bonds is 3. The first-order chi connectivity index (χ1) is 10.7. The molecule has 0 saturated carbocycles. The standard InChI is InChI=1S/C17H13N3O2/c21-20(22)17(19-18-16-8-2-1-3-9-16)15-11-10-13-6-4-5-7-14(13)12-15/h1-12,18H/b19-17-. The van der Waals surface area contributed by atoms with Crippen molar-refractivity contribution in [3.63, 3.8) is 0 Å². The number of amidine groups is 1. The summed E-state index contributed by atoms with van der Waals surface area (Å²) < 4.78 is 0. The molecule has 0 saturated heterocycles. The predicted octanol–water partition coefficient (Wildman–Crippen LogP) is 3.89. The van der Waals surface area contributed by atoms with Gasteiger partial charge in [0.25, 0.3) is 0 Å². The summed E-state index contributed by atoms with van der Waals surface area (Å²) in [5, 5.41) is 17.2. The lowest BCUT2D eigenvalue weighted by Gasteiger charge is -2.02. The molecule has 108 valence electrons. The minimum atomic E-state index is -0.486. The van der Waals surface area contributed by atoms with Gasteiger partial charge in [0.1, 0.15) is 0 Å². The maximum absolute atomic E-state index is 11.3. The predicted molar refractivity (Wildman–Crippen MR) is 87.5 cm³/mol. The second kappa shape index (κ2) is 6.05. The van der Waals surface area contributed by atoms with Gasteiger partial charge in [-0.1, -0.05) is 48.5 Å². The molecule has 3 aromatic rings. The Morgan fingerprint density at radius 2 is 1.59 bits per heavy atom. The van der Waals surface area contributed by atoms with Gasteiger partial charge in [-0.25, -0.2) is 0 Å². The van der Waals surface area contributed by atoms with Crippen molar-refractivity contribution in [2.24, 2.45) is 5.10 Å². The number of anilines is 1. The third-order valence-electron chi connectivity index (χ3n) is 3.25. The fraction of sp³-hybridized carbons (Fsp3) is 0. The van der Waals surface area contributed by atoms with E-state index in [-0.39, 0.29) is 5.84 Å². The van der Waals surface area contributed by atoms with Crippen LogP contribution in [0.5, 0.6) is 0 Å². The maximum atomic E-state index is 11.3. The zero-order chi connectivity index (χ0) is 15.4. The van der Waals surface area contributed by atoms with E-state index in [1.807, 2.05) is 48.5 Å². The third-order valence-corrected chi connectivity index (χ3v) is 3.25. The van der Waals surface area contributed by atoms with Gasteiger partial charge in [-0.3, -0.25) is 0 Å². The molecule has 5 nitrogen and oxygen atoms in total. The number of hydrazone groups is 1. The summed E-state index contributed by atoms with van der Waals surface area (Å²) in [4.78, 5) is 10.8. The first kappa shape index (κ1) is 13.8. The van der Waals surface area contributed by atoms with Crippen LogP contribution in [0.1, 0.15) is 5.56 Å². The molecular weight excluding hydrogens is 278 g/mol. The minimum Gasteiger partial charge on any atom is -0.358 e. The largest absolute Gasteiger partial charge is 0.395 e. The van der Waals surface area contributed by atoms with E-state index in [9.17, 15) is 10.1 Å².